The fourth-order valence-corrected chi connectivity index (χ4v) is 2.97. The average Bonchev–Trinajstić information content (AvgIpc) is 3.07. The highest BCUT2D eigenvalue weighted by molar-refractivity contribution is 6.31. The first kappa shape index (κ1) is 17.0. The van der Waals surface area contributed by atoms with E-state index in [1.807, 2.05) is 38.1 Å². The number of nitrogens with zero attached hydrogens (tertiary/aromatic N) is 2. The zero-order valence-electron chi connectivity index (χ0n) is 13.9. The van der Waals surface area contributed by atoms with Gasteiger partial charge >= 0.3 is 0 Å². The molecule has 6 heteroatoms. The molecule has 5 nitrogen and oxygen atoms in total. The lowest BCUT2D eigenvalue weighted by molar-refractivity contribution is -0.0220. The fraction of sp³-hybridized carbons (Fsp3) is 0.444. The van der Waals surface area contributed by atoms with Crippen LogP contribution in [0, 0.1) is 0 Å². The van der Waals surface area contributed by atoms with Gasteiger partial charge in [0.25, 0.3) is 5.91 Å². The van der Waals surface area contributed by atoms with Crippen LogP contribution in [0.5, 0.6) is 0 Å². The van der Waals surface area contributed by atoms with Crippen LogP contribution in [0.4, 0.5) is 0 Å². The lowest BCUT2D eigenvalue weighted by Crippen LogP contribution is -2.46. The van der Waals surface area contributed by atoms with Gasteiger partial charge in [-0.3, -0.25) is 4.79 Å². The van der Waals surface area contributed by atoms with Crippen LogP contribution in [-0.4, -0.2) is 41.8 Å². The fourth-order valence-electron chi connectivity index (χ4n) is 2.75. The van der Waals surface area contributed by atoms with Gasteiger partial charge in [-0.2, -0.15) is 0 Å². The number of ether oxygens (including phenoxy) is 1. The molecule has 0 N–H and O–H groups in total. The molecule has 0 spiro atoms. The van der Waals surface area contributed by atoms with Gasteiger partial charge in [-0.25, -0.2) is 0 Å². The molecule has 0 radical (unpaired) electrons. The zero-order chi connectivity index (χ0) is 17.1. The molecular weight excluding hydrogens is 328 g/mol. The minimum absolute atomic E-state index is 0.0740. The third-order valence-electron chi connectivity index (χ3n) is 4.16. The molecule has 3 rings (SSSR count). The lowest BCUT2D eigenvalue weighted by Gasteiger charge is -2.32. The Morgan fingerprint density at radius 3 is 2.92 bits per heavy atom. The van der Waals surface area contributed by atoms with Crippen molar-refractivity contribution in [1.29, 1.82) is 0 Å². The SMILES string of the molecule is CC(C)c1cc(C(=O)N2CCO[C@H](Cc3ccccc3Cl)C2)on1. The summed E-state index contributed by atoms with van der Waals surface area (Å²) in [6.45, 7) is 5.60. The van der Waals surface area contributed by atoms with Gasteiger partial charge in [0, 0.05) is 30.6 Å². The van der Waals surface area contributed by atoms with E-state index in [9.17, 15) is 4.79 Å². The highest BCUT2D eigenvalue weighted by Crippen LogP contribution is 2.21. The molecule has 24 heavy (non-hydrogen) atoms. The normalized spacial score (nSPS) is 18.2. The maximum absolute atomic E-state index is 12.6. The molecule has 1 aromatic carbocycles. The highest BCUT2D eigenvalue weighted by Gasteiger charge is 2.28. The van der Waals surface area contributed by atoms with Crippen LogP contribution in [0.1, 0.15) is 41.6 Å². The van der Waals surface area contributed by atoms with Crippen molar-refractivity contribution in [1.82, 2.24) is 10.1 Å². The molecule has 0 unspecified atom stereocenters. The van der Waals surface area contributed by atoms with Crippen LogP contribution in [0.15, 0.2) is 34.9 Å². The second-order valence-corrected chi connectivity index (χ2v) is 6.72. The van der Waals surface area contributed by atoms with E-state index < -0.39 is 0 Å². The molecule has 0 bridgehead atoms. The summed E-state index contributed by atoms with van der Waals surface area (Å²) in [5.74, 6) is 0.381. The lowest BCUT2D eigenvalue weighted by atomic mass is 10.1. The molecule has 0 saturated carbocycles. The molecule has 1 saturated heterocycles. The number of aromatic nitrogens is 1. The van der Waals surface area contributed by atoms with Gasteiger partial charge in [-0.1, -0.05) is 48.8 Å². The van der Waals surface area contributed by atoms with Crippen molar-refractivity contribution in [2.45, 2.75) is 32.3 Å². The Morgan fingerprint density at radius 1 is 1.42 bits per heavy atom. The standard InChI is InChI=1S/C18H21ClN2O3/c1-12(2)16-10-17(24-20-16)18(22)21-7-8-23-14(11-21)9-13-5-3-4-6-15(13)19/h3-6,10,12,14H,7-9,11H2,1-2H3/t14-/m1/s1. The van der Waals surface area contributed by atoms with Crippen LogP contribution in [0.2, 0.25) is 5.02 Å². The van der Waals surface area contributed by atoms with Crippen LogP contribution in [0.25, 0.3) is 0 Å². The van der Waals surface area contributed by atoms with E-state index in [2.05, 4.69) is 5.16 Å². The van der Waals surface area contributed by atoms with E-state index in [0.717, 1.165) is 16.3 Å². The largest absolute Gasteiger partial charge is 0.374 e. The minimum atomic E-state index is -0.137. The quantitative estimate of drug-likeness (QED) is 0.848. The van der Waals surface area contributed by atoms with E-state index >= 15 is 0 Å². The topological polar surface area (TPSA) is 55.6 Å². The smallest absolute Gasteiger partial charge is 0.292 e. The van der Waals surface area contributed by atoms with Crippen molar-refractivity contribution in [2.75, 3.05) is 19.7 Å². The van der Waals surface area contributed by atoms with E-state index in [1.165, 1.54) is 0 Å². The molecule has 1 aliphatic rings. The first-order valence-corrected chi connectivity index (χ1v) is 8.53. The van der Waals surface area contributed by atoms with E-state index in [-0.39, 0.29) is 23.7 Å². The maximum atomic E-state index is 12.6. The number of carbonyl (C=O) groups is 1. The summed E-state index contributed by atoms with van der Waals surface area (Å²) in [5.41, 5.74) is 1.82. The number of halogens is 1. The molecule has 1 aromatic heterocycles. The molecule has 128 valence electrons. The summed E-state index contributed by atoms with van der Waals surface area (Å²) < 4.78 is 11.0. The Balaban J connectivity index is 1.66. The Labute approximate surface area is 146 Å². The molecule has 2 aromatic rings. The van der Waals surface area contributed by atoms with Crippen molar-refractivity contribution in [3.05, 3.63) is 52.4 Å². The van der Waals surface area contributed by atoms with Crippen molar-refractivity contribution >= 4 is 17.5 Å². The van der Waals surface area contributed by atoms with Crippen LogP contribution in [-0.2, 0) is 11.2 Å². The van der Waals surface area contributed by atoms with Crippen LogP contribution in [0.3, 0.4) is 0 Å². The summed E-state index contributed by atoms with van der Waals surface area (Å²) in [6, 6.07) is 9.43. The van der Waals surface area contributed by atoms with E-state index in [1.54, 1.807) is 11.0 Å². The number of amides is 1. The second-order valence-electron chi connectivity index (χ2n) is 6.31. The van der Waals surface area contributed by atoms with Gasteiger partial charge in [0.2, 0.25) is 5.76 Å². The molecule has 1 fully saturated rings. The number of hydrogen-bond donors (Lipinski definition) is 0. The summed E-state index contributed by atoms with van der Waals surface area (Å²) in [6.07, 6.45) is 0.604. The monoisotopic (exact) mass is 348 g/mol. The van der Waals surface area contributed by atoms with Crippen molar-refractivity contribution in [3.63, 3.8) is 0 Å². The molecule has 1 amide bonds. The Morgan fingerprint density at radius 2 is 2.21 bits per heavy atom. The summed E-state index contributed by atoms with van der Waals surface area (Å²) in [7, 11) is 0. The van der Waals surface area contributed by atoms with Gasteiger partial charge in [0.15, 0.2) is 0 Å². The van der Waals surface area contributed by atoms with E-state index in [4.69, 9.17) is 20.9 Å². The molecule has 0 aliphatic carbocycles. The third kappa shape index (κ3) is 3.79. The number of hydrogen-bond acceptors (Lipinski definition) is 4. The first-order chi connectivity index (χ1) is 11.5. The summed E-state index contributed by atoms with van der Waals surface area (Å²) >= 11 is 6.21. The van der Waals surface area contributed by atoms with Gasteiger partial charge in [0.05, 0.1) is 18.4 Å². The summed E-state index contributed by atoms with van der Waals surface area (Å²) in [5, 5.41) is 4.68. The molecule has 1 aliphatic heterocycles. The number of morpholine rings is 1. The van der Waals surface area contributed by atoms with Gasteiger partial charge in [-0.15, -0.1) is 0 Å². The van der Waals surface area contributed by atoms with E-state index in [0.29, 0.717) is 26.1 Å². The average molecular weight is 349 g/mol. The van der Waals surface area contributed by atoms with Crippen LogP contribution >= 0.6 is 11.6 Å². The summed E-state index contributed by atoms with van der Waals surface area (Å²) in [4.78, 5) is 14.4. The Kier molecular flexibility index (Phi) is 5.21. The van der Waals surface area contributed by atoms with Crippen molar-refractivity contribution in [3.8, 4) is 0 Å². The highest BCUT2D eigenvalue weighted by atomic mass is 35.5. The van der Waals surface area contributed by atoms with Gasteiger partial charge < -0.3 is 14.2 Å². The molecule has 1 atom stereocenters. The zero-order valence-corrected chi connectivity index (χ0v) is 14.6. The van der Waals surface area contributed by atoms with Gasteiger partial charge in [0.1, 0.15) is 0 Å². The van der Waals surface area contributed by atoms with Crippen molar-refractivity contribution in [2.24, 2.45) is 0 Å². The predicted octanol–water partition coefficient (Wildman–Crippen LogP) is 3.54. The van der Waals surface area contributed by atoms with Crippen molar-refractivity contribution < 1.29 is 14.1 Å². The molecular formula is C18H21ClN2O3. The number of carbonyl (C=O) groups excluding carboxylic acids is 1. The predicted molar refractivity (Wildman–Crippen MR) is 91.4 cm³/mol. The number of rotatable bonds is 4. The van der Waals surface area contributed by atoms with Gasteiger partial charge in [-0.05, 0) is 17.5 Å². The molecule has 2 heterocycles. The second kappa shape index (κ2) is 7.36. The maximum Gasteiger partial charge on any atom is 0.292 e. The Hall–Kier alpha value is -1.85. The first-order valence-electron chi connectivity index (χ1n) is 8.15. The minimum Gasteiger partial charge on any atom is -0.374 e. The third-order valence-corrected chi connectivity index (χ3v) is 4.53. The van der Waals surface area contributed by atoms with Crippen LogP contribution < -0.4 is 0 Å². The Bertz CT molecular complexity index is 714. The number of benzene rings is 1.